The van der Waals surface area contributed by atoms with Gasteiger partial charge in [0.1, 0.15) is 5.65 Å². The van der Waals surface area contributed by atoms with E-state index in [9.17, 15) is 0 Å². The minimum absolute atomic E-state index is 0.640. The summed E-state index contributed by atoms with van der Waals surface area (Å²) >= 11 is 0. The van der Waals surface area contributed by atoms with Crippen molar-refractivity contribution in [1.29, 1.82) is 0 Å². The van der Waals surface area contributed by atoms with Crippen LogP contribution >= 0.6 is 0 Å². The van der Waals surface area contributed by atoms with Crippen molar-refractivity contribution in [2.24, 2.45) is 0 Å². The van der Waals surface area contributed by atoms with Gasteiger partial charge in [0.05, 0.1) is 0 Å². The number of unbranched alkanes of at least 4 members (excludes halogenated alkanes) is 1. The highest BCUT2D eigenvalue weighted by Gasteiger charge is 2.04. The molecule has 0 spiro atoms. The van der Waals surface area contributed by atoms with E-state index in [1.165, 1.54) is 30.3 Å². The normalized spacial score (nSPS) is 11.8. The molecule has 0 saturated heterocycles. The van der Waals surface area contributed by atoms with Crippen LogP contribution in [0.2, 0.25) is 0 Å². The molecule has 4 heteroatoms. The van der Waals surface area contributed by atoms with Gasteiger partial charge in [0.15, 0.2) is 0 Å². The van der Waals surface area contributed by atoms with Crippen LogP contribution in [0.5, 0.6) is 0 Å². The maximum atomic E-state index is 4.31. The molecule has 4 nitrogen and oxygen atoms in total. The van der Waals surface area contributed by atoms with E-state index in [1.54, 1.807) is 0 Å². The van der Waals surface area contributed by atoms with Crippen molar-refractivity contribution in [3.05, 3.63) is 30.1 Å². The van der Waals surface area contributed by atoms with Gasteiger partial charge in [0, 0.05) is 30.4 Å². The predicted octanol–water partition coefficient (Wildman–Crippen LogP) is 2.77. The highest BCUT2D eigenvalue weighted by Crippen LogP contribution is 2.14. The van der Waals surface area contributed by atoms with Crippen LogP contribution in [-0.4, -0.2) is 41.0 Å². The number of rotatable bonds is 8. The maximum Gasteiger partial charge on any atom is 0.137 e. The van der Waals surface area contributed by atoms with Crippen molar-refractivity contribution >= 4 is 11.0 Å². The summed E-state index contributed by atoms with van der Waals surface area (Å²) < 4.78 is 0. The first-order valence-electron chi connectivity index (χ1n) is 7.50. The average Bonchev–Trinajstić information content (AvgIpc) is 2.85. The van der Waals surface area contributed by atoms with Crippen LogP contribution in [0.25, 0.3) is 11.0 Å². The molecule has 2 N–H and O–H groups in total. The van der Waals surface area contributed by atoms with Gasteiger partial charge in [-0.1, -0.05) is 0 Å². The molecule has 2 aromatic heterocycles. The number of fused-ring (bicyclic) bond motifs is 1. The van der Waals surface area contributed by atoms with Gasteiger partial charge in [0.25, 0.3) is 0 Å². The fourth-order valence-electron chi connectivity index (χ4n) is 2.25. The van der Waals surface area contributed by atoms with Gasteiger partial charge in [0.2, 0.25) is 0 Å². The lowest BCUT2D eigenvalue weighted by atomic mass is 10.2. The second-order valence-electron chi connectivity index (χ2n) is 5.67. The third kappa shape index (κ3) is 4.05. The third-order valence-electron chi connectivity index (χ3n) is 3.85. The van der Waals surface area contributed by atoms with Crippen LogP contribution < -0.4 is 5.32 Å². The standard InChI is InChI=1S/C16H26N4/c1-13(2)20(3)10-5-4-8-17-11-14-12-19-16-15(14)7-6-9-18-16/h6-7,9,12-13,17H,4-5,8,10-11H2,1-3H3,(H,18,19). The van der Waals surface area contributed by atoms with Crippen LogP contribution in [0.3, 0.4) is 0 Å². The predicted molar refractivity (Wildman–Crippen MR) is 84.8 cm³/mol. The van der Waals surface area contributed by atoms with Crippen molar-refractivity contribution in [3.8, 4) is 0 Å². The Hall–Kier alpha value is -1.39. The Morgan fingerprint density at radius 1 is 1.35 bits per heavy atom. The number of pyridine rings is 1. The molecule has 2 rings (SSSR count). The molecule has 20 heavy (non-hydrogen) atoms. The molecule has 0 radical (unpaired) electrons. The Morgan fingerprint density at radius 3 is 3.00 bits per heavy atom. The Bertz CT molecular complexity index is 518. The smallest absolute Gasteiger partial charge is 0.137 e. The topological polar surface area (TPSA) is 44.0 Å². The second-order valence-corrected chi connectivity index (χ2v) is 5.67. The molecule has 0 aliphatic carbocycles. The average molecular weight is 274 g/mol. The largest absolute Gasteiger partial charge is 0.346 e. The zero-order chi connectivity index (χ0) is 14.4. The molecule has 0 aromatic carbocycles. The van der Waals surface area contributed by atoms with E-state index in [0.717, 1.165) is 18.7 Å². The number of nitrogens with zero attached hydrogens (tertiary/aromatic N) is 2. The lowest BCUT2D eigenvalue weighted by molar-refractivity contribution is 0.268. The van der Waals surface area contributed by atoms with Crippen molar-refractivity contribution in [2.75, 3.05) is 20.1 Å². The molecule has 0 atom stereocenters. The number of aromatic nitrogens is 2. The Labute approximate surface area is 121 Å². The van der Waals surface area contributed by atoms with Gasteiger partial charge < -0.3 is 15.2 Å². The summed E-state index contributed by atoms with van der Waals surface area (Å²) in [5.74, 6) is 0. The minimum Gasteiger partial charge on any atom is -0.346 e. The van der Waals surface area contributed by atoms with E-state index in [1.807, 2.05) is 12.3 Å². The Morgan fingerprint density at radius 2 is 2.20 bits per heavy atom. The lowest BCUT2D eigenvalue weighted by Gasteiger charge is -2.20. The van der Waals surface area contributed by atoms with Crippen molar-refractivity contribution in [1.82, 2.24) is 20.2 Å². The molecule has 0 unspecified atom stereocenters. The van der Waals surface area contributed by atoms with Gasteiger partial charge >= 0.3 is 0 Å². The molecule has 2 heterocycles. The van der Waals surface area contributed by atoms with E-state index in [2.05, 4.69) is 53.3 Å². The Balaban J connectivity index is 1.66. The van der Waals surface area contributed by atoms with Crippen LogP contribution in [0.1, 0.15) is 32.3 Å². The molecule has 0 amide bonds. The molecule has 0 saturated carbocycles. The summed E-state index contributed by atoms with van der Waals surface area (Å²) in [5.41, 5.74) is 2.27. The van der Waals surface area contributed by atoms with E-state index in [0.29, 0.717) is 6.04 Å². The summed E-state index contributed by atoms with van der Waals surface area (Å²) in [7, 11) is 2.19. The zero-order valence-corrected chi connectivity index (χ0v) is 12.8. The van der Waals surface area contributed by atoms with Crippen LogP contribution in [0.15, 0.2) is 24.5 Å². The first kappa shape index (κ1) is 15.0. The highest BCUT2D eigenvalue weighted by atomic mass is 15.1. The molecule has 0 bridgehead atoms. The van der Waals surface area contributed by atoms with Crippen molar-refractivity contribution in [2.45, 2.75) is 39.3 Å². The minimum atomic E-state index is 0.640. The molecule has 0 aliphatic heterocycles. The van der Waals surface area contributed by atoms with Crippen molar-refractivity contribution in [3.63, 3.8) is 0 Å². The molecule has 110 valence electrons. The van der Waals surface area contributed by atoms with Gasteiger partial charge in [-0.25, -0.2) is 4.98 Å². The first-order chi connectivity index (χ1) is 9.68. The van der Waals surface area contributed by atoms with Crippen molar-refractivity contribution < 1.29 is 0 Å². The van der Waals surface area contributed by atoms with E-state index >= 15 is 0 Å². The van der Waals surface area contributed by atoms with Crippen LogP contribution in [0, 0.1) is 0 Å². The van der Waals surface area contributed by atoms with Crippen LogP contribution in [0.4, 0.5) is 0 Å². The zero-order valence-electron chi connectivity index (χ0n) is 12.8. The van der Waals surface area contributed by atoms with Gasteiger partial charge in [-0.05, 0) is 64.5 Å². The van der Waals surface area contributed by atoms with E-state index in [-0.39, 0.29) is 0 Å². The second kappa shape index (κ2) is 7.41. The summed E-state index contributed by atoms with van der Waals surface area (Å²) in [5, 5.41) is 4.74. The summed E-state index contributed by atoms with van der Waals surface area (Å²) in [6, 6.07) is 4.75. The molecular formula is C16H26N4. The monoisotopic (exact) mass is 274 g/mol. The summed E-state index contributed by atoms with van der Waals surface area (Å²) in [6.07, 6.45) is 6.34. The Kier molecular flexibility index (Phi) is 5.56. The van der Waals surface area contributed by atoms with Gasteiger partial charge in [-0.3, -0.25) is 0 Å². The summed E-state index contributed by atoms with van der Waals surface area (Å²) in [4.78, 5) is 9.91. The van der Waals surface area contributed by atoms with Gasteiger partial charge in [-0.15, -0.1) is 0 Å². The third-order valence-corrected chi connectivity index (χ3v) is 3.85. The number of nitrogens with one attached hydrogen (secondary N) is 2. The fourth-order valence-corrected chi connectivity index (χ4v) is 2.25. The summed E-state index contributed by atoms with van der Waals surface area (Å²) in [6.45, 7) is 7.63. The molecular weight excluding hydrogens is 248 g/mol. The molecule has 0 fully saturated rings. The number of hydrogen-bond acceptors (Lipinski definition) is 3. The number of aromatic amines is 1. The SMILES string of the molecule is CC(C)N(C)CCCCNCc1c[nH]c2ncccc12. The van der Waals surface area contributed by atoms with E-state index in [4.69, 9.17) is 0 Å². The molecule has 2 aromatic rings. The van der Waals surface area contributed by atoms with E-state index < -0.39 is 0 Å². The first-order valence-corrected chi connectivity index (χ1v) is 7.50. The maximum absolute atomic E-state index is 4.31. The quantitative estimate of drug-likeness (QED) is 0.728. The lowest BCUT2D eigenvalue weighted by Crippen LogP contribution is -2.27. The van der Waals surface area contributed by atoms with Crippen LogP contribution in [-0.2, 0) is 6.54 Å². The van der Waals surface area contributed by atoms with Gasteiger partial charge in [-0.2, -0.15) is 0 Å². The highest BCUT2D eigenvalue weighted by molar-refractivity contribution is 5.79. The fraction of sp³-hybridized carbons (Fsp3) is 0.562. The number of hydrogen-bond donors (Lipinski definition) is 2. The molecule has 0 aliphatic rings. The number of H-pyrrole nitrogens is 1.